The fourth-order valence-electron chi connectivity index (χ4n) is 8.43. The number of piperidine rings is 1. The molecule has 0 aromatic heterocycles. The van der Waals surface area contributed by atoms with Crippen LogP contribution in [-0.2, 0) is 36.7 Å². The van der Waals surface area contributed by atoms with Crippen LogP contribution in [0.25, 0.3) is 0 Å². The molecule has 4 heterocycles. The molecule has 53 heavy (non-hydrogen) atoms. The minimum atomic E-state index is -1.05. The topological polar surface area (TPSA) is 149 Å². The van der Waals surface area contributed by atoms with Gasteiger partial charge in [0.15, 0.2) is 6.10 Å². The molecule has 13 nitrogen and oxygen atoms in total. The molecule has 2 aromatic rings. The van der Waals surface area contributed by atoms with Crippen molar-refractivity contribution in [2.24, 2.45) is 11.8 Å². The fraction of sp³-hybridized carbons (Fsp3) is 0.575. The van der Waals surface area contributed by atoms with Crippen LogP contribution in [0.4, 0.5) is 15.3 Å². The zero-order chi connectivity index (χ0) is 37.6. The summed E-state index contributed by atoms with van der Waals surface area (Å²) >= 11 is 0. The standard InChI is InChI=1S/C40H53N5O8/c1-4-52-36(47)10-9-35(46)43-16-11-30(24-43)31-12-17-44(25-31)38(49)34(23-28-21-26(2)37(48)27(3)22-28)53-40(51)42-18-14-32(15-19-42)45-20-13-29-7-5-6-8-33(29)41-39(45)50/h5-8,21-22,30-32,34,48H,4,9-20,23-25H2,1-3H3,(H,41,50)/t30?,31?,34-/m1/s1. The maximum Gasteiger partial charge on any atom is 0.410 e. The van der Waals surface area contributed by atoms with Crippen LogP contribution < -0.4 is 5.32 Å². The Bertz CT molecular complexity index is 1670. The number of likely N-dealkylation sites (tertiary alicyclic amines) is 3. The number of nitrogens with zero attached hydrogens (tertiary/aromatic N) is 4. The number of benzene rings is 2. The van der Waals surface area contributed by atoms with E-state index < -0.39 is 12.2 Å². The summed E-state index contributed by atoms with van der Waals surface area (Å²) in [6, 6.07) is 11.3. The number of urea groups is 1. The van der Waals surface area contributed by atoms with Crippen LogP contribution in [0.2, 0.25) is 0 Å². The van der Waals surface area contributed by atoms with Crippen LogP contribution in [0.1, 0.15) is 67.7 Å². The van der Waals surface area contributed by atoms with Gasteiger partial charge in [-0.2, -0.15) is 0 Å². The second-order valence-corrected chi connectivity index (χ2v) is 14.9. The highest BCUT2D eigenvalue weighted by molar-refractivity contribution is 5.91. The largest absolute Gasteiger partial charge is 0.507 e. The SMILES string of the molecule is CCOC(=O)CCC(=O)N1CCC(C2CCN(C(=O)[C@@H](Cc3cc(C)c(O)c(C)c3)OC(=O)N3CCC(N4CCc5ccccc5NC4=O)CC3)C2)C1. The Kier molecular flexibility index (Phi) is 12.1. The van der Waals surface area contributed by atoms with E-state index in [1.165, 1.54) is 0 Å². The van der Waals surface area contributed by atoms with Crippen LogP contribution in [-0.4, -0.2) is 119 Å². The second-order valence-electron chi connectivity index (χ2n) is 14.9. The quantitative estimate of drug-likeness (QED) is 0.336. The number of aryl methyl sites for hydroxylation is 2. The molecule has 3 atom stereocenters. The molecule has 3 fully saturated rings. The van der Waals surface area contributed by atoms with Gasteiger partial charge in [-0.25, -0.2) is 9.59 Å². The molecule has 3 saturated heterocycles. The molecule has 4 aliphatic heterocycles. The van der Waals surface area contributed by atoms with Crippen molar-refractivity contribution in [1.82, 2.24) is 19.6 Å². The molecule has 0 spiro atoms. The van der Waals surface area contributed by atoms with Crippen molar-refractivity contribution < 1.29 is 38.6 Å². The summed E-state index contributed by atoms with van der Waals surface area (Å²) in [6.45, 7) is 9.33. The molecule has 13 heteroatoms. The summed E-state index contributed by atoms with van der Waals surface area (Å²) < 4.78 is 11.0. The average Bonchev–Trinajstić information content (AvgIpc) is 3.81. The van der Waals surface area contributed by atoms with Crippen LogP contribution in [0.15, 0.2) is 36.4 Å². The number of phenolic OH excluding ortho intramolecular Hbond substituents is 1. The van der Waals surface area contributed by atoms with Crippen molar-refractivity contribution in [2.45, 2.75) is 84.3 Å². The Hall–Kier alpha value is -4.81. The highest BCUT2D eigenvalue weighted by Gasteiger charge is 2.40. The van der Waals surface area contributed by atoms with Gasteiger partial charge in [-0.1, -0.05) is 30.3 Å². The van der Waals surface area contributed by atoms with Gasteiger partial charge in [0.05, 0.1) is 13.0 Å². The molecule has 4 aliphatic rings. The molecule has 0 aliphatic carbocycles. The Morgan fingerprint density at radius 2 is 1.51 bits per heavy atom. The van der Waals surface area contributed by atoms with Gasteiger partial charge in [-0.15, -0.1) is 0 Å². The predicted octanol–water partition coefficient (Wildman–Crippen LogP) is 4.65. The molecular formula is C40H53N5O8. The number of para-hydroxylation sites is 1. The Balaban J connectivity index is 1.06. The summed E-state index contributed by atoms with van der Waals surface area (Å²) in [7, 11) is 0. The van der Waals surface area contributed by atoms with E-state index in [1.807, 2.05) is 46.2 Å². The lowest BCUT2D eigenvalue weighted by molar-refractivity contribution is -0.145. The lowest BCUT2D eigenvalue weighted by Gasteiger charge is -2.38. The van der Waals surface area contributed by atoms with Gasteiger partial charge in [0, 0.05) is 70.4 Å². The fourth-order valence-corrected chi connectivity index (χ4v) is 8.43. The molecule has 2 N–H and O–H groups in total. The zero-order valence-corrected chi connectivity index (χ0v) is 31.2. The van der Waals surface area contributed by atoms with Gasteiger partial charge in [-0.05, 0) is 93.0 Å². The number of anilines is 1. The number of phenols is 1. The summed E-state index contributed by atoms with van der Waals surface area (Å²) in [5, 5.41) is 13.4. The summed E-state index contributed by atoms with van der Waals surface area (Å²) in [5.41, 5.74) is 4.10. The monoisotopic (exact) mass is 731 g/mol. The van der Waals surface area contributed by atoms with Gasteiger partial charge in [0.1, 0.15) is 5.75 Å². The predicted molar refractivity (Wildman–Crippen MR) is 197 cm³/mol. The average molecular weight is 732 g/mol. The minimum Gasteiger partial charge on any atom is -0.507 e. The van der Waals surface area contributed by atoms with Crippen molar-refractivity contribution in [3.05, 3.63) is 58.7 Å². The zero-order valence-electron chi connectivity index (χ0n) is 31.2. The maximum atomic E-state index is 14.2. The van der Waals surface area contributed by atoms with Crippen LogP contribution in [0, 0.1) is 25.7 Å². The van der Waals surface area contributed by atoms with Gasteiger partial charge < -0.3 is 39.5 Å². The Morgan fingerprint density at radius 1 is 0.868 bits per heavy atom. The first kappa shape index (κ1) is 37.9. The van der Waals surface area contributed by atoms with Gasteiger partial charge in [0.25, 0.3) is 5.91 Å². The third-order valence-electron chi connectivity index (χ3n) is 11.4. The van der Waals surface area contributed by atoms with Crippen molar-refractivity contribution in [1.29, 1.82) is 0 Å². The lowest BCUT2D eigenvalue weighted by Crippen LogP contribution is -2.51. The van der Waals surface area contributed by atoms with Gasteiger partial charge in [-0.3, -0.25) is 14.4 Å². The van der Waals surface area contributed by atoms with Crippen molar-refractivity contribution in [2.75, 3.05) is 57.7 Å². The van der Waals surface area contributed by atoms with E-state index in [0.717, 1.165) is 36.1 Å². The van der Waals surface area contributed by atoms with E-state index in [0.29, 0.717) is 76.4 Å². The summed E-state index contributed by atoms with van der Waals surface area (Å²) in [6.07, 6.45) is 2.36. The first-order valence-corrected chi connectivity index (χ1v) is 19.1. The third kappa shape index (κ3) is 9.05. The van der Waals surface area contributed by atoms with Crippen LogP contribution in [0.5, 0.6) is 5.75 Å². The molecule has 0 saturated carbocycles. The van der Waals surface area contributed by atoms with E-state index in [1.54, 1.807) is 30.6 Å². The van der Waals surface area contributed by atoms with E-state index >= 15 is 0 Å². The number of nitrogens with one attached hydrogen (secondary N) is 1. The molecule has 2 unspecified atom stereocenters. The minimum absolute atomic E-state index is 0.0188. The molecule has 286 valence electrons. The number of rotatable bonds is 10. The lowest BCUT2D eigenvalue weighted by atomic mass is 9.91. The Labute approximate surface area is 311 Å². The highest BCUT2D eigenvalue weighted by atomic mass is 16.6. The number of fused-ring (bicyclic) bond motifs is 1. The van der Waals surface area contributed by atoms with Crippen LogP contribution >= 0.6 is 0 Å². The van der Waals surface area contributed by atoms with E-state index in [4.69, 9.17) is 9.47 Å². The first-order chi connectivity index (χ1) is 25.5. The van der Waals surface area contributed by atoms with E-state index in [2.05, 4.69) is 5.32 Å². The molecule has 6 rings (SSSR count). The number of esters is 1. The molecule has 0 bridgehead atoms. The molecule has 5 amide bonds. The molecule has 2 aromatic carbocycles. The number of carbonyl (C=O) groups is 5. The number of hydrogen-bond acceptors (Lipinski definition) is 8. The first-order valence-electron chi connectivity index (χ1n) is 19.1. The highest BCUT2D eigenvalue weighted by Crippen LogP contribution is 2.33. The Morgan fingerprint density at radius 3 is 2.21 bits per heavy atom. The summed E-state index contributed by atoms with van der Waals surface area (Å²) in [5.74, 6) is -0.0235. The van der Waals surface area contributed by atoms with E-state index in [9.17, 15) is 29.1 Å². The third-order valence-corrected chi connectivity index (χ3v) is 11.4. The summed E-state index contributed by atoms with van der Waals surface area (Å²) in [4.78, 5) is 72.6. The smallest absolute Gasteiger partial charge is 0.410 e. The van der Waals surface area contributed by atoms with Crippen molar-refractivity contribution in [3.8, 4) is 5.75 Å². The van der Waals surface area contributed by atoms with Crippen molar-refractivity contribution in [3.63, 3.8) is 0 Å². The molecular weight excluding hydrogens is 678 g/mol. The maximum absolute atomic E-state index is 14.2. The number of hydrogen-bond donors (Lipinski definition) is 2. The second kappa shape index (κ2) is 16.9. The van der Waals surface area contributed by atoms with E-state index in [-0.39, 0.29) is 66.7 Å². The van der Waals surface area contributed by atoms with Crippen molar-refractivity contribution >= 4 is 35.6 Å². The normalized spacial score (nSPS) is 21.2. The number of carbonyl (C=O) groups excluding carboxylic acids is 5. The van der Waals surface area contributed by atoms with Gasteiger partial charge in [0.2, 0.25) is 5.91 Å². The number of ether oxygens (including phenoxy) is 2. The van der Waals surface area contributed by atoms with Gasteiger partial charge >= 0.3 is 18.1 Å². The number of amides is 5. The molecule has 0 radical (unpaired) electrons. The number of aromatic hydroxyl groups is 1. The van der Waals surface area contributed by atoms with Crippen LogP contribution in [0.3, 0.4) is 0 Å².